The molecule has 0 radical (unpaired) electrons. The fourth-order valence-corrected chi connectivity index (χ4v) is 3.75. The maximum Gasteiger partial charge on any atom is 0.328 e. The number of likely N-dealkylation sites (N-methyl/N-ethyl adjacent to an activating group) is 1. The summed E-state index contributed by atoms with van der Waals surface area (Å²) in [6.07, 6.45) is 0.127. The van der Waals surface area contributed by atoms with Crippen LogP contribution in [0.2, 0.25) is 5.02 Å². The maximum atomic E-state index is 12.5. The number of carbonyl (C=O) groups is 2. The Morgan fingerprint density at radius 1 is 1.09 bits per heavy atom. The van der Waals surface area contributed by atoms with Crippen LogP contribution in [0.4, 0.5) is 5.69 Å². The lowest BCUT2D eigenvalue weighted by molar-refractivity contribution is -0.133. The van der Waals surface area contributed by atoms with Gasteiger partial charge in [-0.1, -0.05) is 23.7 Å². The first-order valence-corrected chi connectivity index (χ1v) is 10.9. The topological polar surface area (TPSA) is 85.6 Å². The van der Waals surface area contributed by atoms with Gasteiger partial charge in [-0.3, -0.25) is 18.7 Å². The number of nitrogens with zero attached hydrogens (tertiary/aromatic N) is 3. The first-order valence-electron chi connectivity index (χ1n) is 10.5. The molecule has 32 heavy (non-hydrogen) atoms. The Labute approximate surface area is 191 Å². The van der Waals surface area contributed by atoms with Gasteiger partial charge < -0.3 is 15.0 Å². The molecule has 0 bridgehead atoms. The molecule has 2 amide bonds. The monoisotopic (exact) mass is 458 g/mol. The Morgan fingerprint density at radius 3 is 2.44 bits per heavy atom. The van der Waals surface area contributed by atoms with Crippen LogP contribution < -0.4 is 15.7 Å². The number of benzene rings is 2. The van der Waals surface area contributed by atoms with Crippen molar-refractivity contribution >= 4 is 40.1 Å². The van der Waals surface area contributed by atoms with E-state index in [1.54, 1.807) is 39.3 Å². The second-order valence-electron chi connectivity index (χ2n) is 7.28. The molecule has 0 atom stereocenters. The highest BCUT2D eigenvalue weighted by atomic mass is 35.5. The number of ether oxygens (including phenoxy) is 1. The lowest BCUT2D eigenvalue weighted by Gasteiger charge is -2.19. The van der Waals surface area contributed by atoms with E-state index in [9.17, 15) is 14.4 Å². The van der Waals surface area contributed by atoms with Crippen LogP contribution in [0.5, 0.6) is 5.75 Å². The summed E-state index contributed by atoms with van der Waals surface area (Å²) in [5.74, 6) is 0.00545. The molecule has 0 unspecified atom stereocenters. The number of para-hydroxylation sites is 2. The van der Waals surface area contributed by atoms with Gasteiger partial charge in [0.05, 0.1) is 16.1 Å². The molecule has 0 saturated carbocycles. The van der Waals surface area contributed by atoms with E-state index in [1.165, 1.54) is 0 Å². The Morgan fingerprint density at radius 2 is 1.78 bits per heavy atom. The van der Waals surface area contributed by atoms with Gasteiger partial charge in [-0.25, -0.2) is 4.79 Å². The molecular weight excluding hydrogens is 432 g/mol. The van der Waals surface area contributed by atoms with E-state index in [-0.39, 0.29) is 37.1 Å². The number of anilines is 1. The van der Waals surface area contributed by atoms with Gasteiger partial charge in [-0.15, -0.1) is 0 Å². The largest absolute Gasteiger partial charge is 0.482 e. The lowest BCUT2D eigenvalue weighted by Crippen LogP contribution is -2.34. The summed E-state index contributed by atoms with van der Waals surface area (Å²) >= 11 is 6.26. The van der Waals surface area contributed by atoms with Gasteiger partial charge in [0.2, 0.25) is 5.91 Å². The van der Waals surface area contributed by atoms with Crippen LogP contribution in [-0.4, -0.2) is 45.5 Å². The fraction of sp³-hybridized carbons (Fsp3) is 0.348. The number of fused-ring (bicyclic) bond motifs is 1. The second kappa shape index (κ2) is 10.4. The number of amides is 2. The van der Waals surface area contributed by atoms with Crippen LogP contribution in [0.25, 0.3) is 11.0 Å². The van der Waals surface area contributed by atoms with Crippen molar-refractivity contribution in [2.75, 3.05) is 25.0 Å². The zero-order valence-corrected chi connectivity index (χ0v) is 19.2. The number of hydrogen-bond donors (Lipinski definition) is 1. The Balaban J connectivity index is 1.59. The summed E-state index contributed by atoms with van der Waals surface area (Å²) < 4.78 is 8.68. The van der Waals surface area contributed by atoms with Gasteiger partial charge in [0, 0.05) is 38.8 Å². The van der Waals surface area contributed by atoms with Crippen molar-refractivity contribution in [3.05, 3.63) is 58.0 Å². The molecule has 0 saturated heterocycles. The molecule has 3 aromatic rings. The van der Waals surface area contributed by atoms with Gasteiger partial charge in [-0.05, 0) is 44.2 Å². The summed E-state index contributed by atoms with van der Waals surface area (Å²) in [4.78, 5) is 38.6. The Hall–Kier alpha value is -3.26. The molecule has 1 aromatic heterocycles. The number of carbonyl (C=O) groups excluding carboxylic acids is 2. The molecule has 0 aliphatic heterocycles. The summed E-state index contributed by atoms with van der Waals surface area (Å²) in [6.45, 7) is 5.19. The van der Waals surface area contributed by atoms with E-state index in [2.05, 4.69) is 5.32 Å². The standard InChI is InChI=1S/C23H27ClN4O4/c1-4-27(5-2)22(30)15-32-20-11-10-16(14-17(20)24)25-21(29)12-13-28-19-9-7-6-8-18(19)26(3)23(28)31/h6-11,14H,4-5,12-13,15H2,1-3H3,(H,25,29). The first-order chi connectivity index (χ1) is 15.3. The van der Waals surface area contributed by atoms with Gasteiger partial charge in [0.15, 0.2) is 6.61 Å². The quantitative estimate of drug-likeness (QED) is 0.533. The van der Waals surface area contributed by atoms with Gasteiger partial charge in [0.25, 0.3) is 5.91 Å². The van der Waals surface area contributed by atoms with E-state index in [4.69, 9.17) is 16.3 Å². The molecule has 0 spiro atoms. The van der Waals surface area contributed by atoms with Crippen LogP contribution in [0.15, 0.2) is 47.3 Å². The molecule has 9 heteroatoms. The molecule has 1 heterocycles. The van der Waals surface area contributed by atoms with E-state index < -0.39 is 0 Å². The Kier molecular flexibility index (Phi) is 7.58. The van der Waals surface area contributed by atoms with E-state index in [0.717, 1.165) is 11.0 Å². The number of aromatic nitrogens is 2. The molecule has 0 aliphatic carbocycles. The summed E-state index contributed by atoms with van der Waals surface area (Å²) in [5, 5.41) is 3.07. The molecule has 8 nitrogen and oxygen atoms in total. The molecular formula is C23H27ClN4O4. The molecule has 2 aromatic carbocycles. The number of nitrogens with one attached hydrogen (secondary N) is 1. The number of rotatable bonds is 9. The summed E-state index contributed by atoms with van der Waals surface area (Å²) in [6, 6.07) is 12.3. The van der Waals surface area contributed by atoms with Crippen molar-refractivity contribution in [2.24, 2.45) is 7.05 Å². The van der Waals surface area contributed by atoms with Crippen LogP contribution >= 0.6 is 11.6 Å². The normalized spacial score (nSPS) is 10.9. The highest BCUT2D eigenvalue weighted by molar-refractivity contribution is 6.32. The van der Waals surface area contributed by atoms with Crippen molar-refractivity contribution in [3.63, 3.8) is 0 Å². The highest BCUT2D eigenvalue weighted by Gasteiger charge is 2.14. The SMILES string of the molecule is CCN(CC)C(=O)COc1ccc(NC(=O)CCn2c(=O)n(C)c3ccccc32)cc1Cl. The third kappa shape index (κ3) is 5.13. The van der Waals surface area contributed by atoms with Crippen LogP contribution in [-0.2, 0) is 23.2 Å². The summed E-state index contributed by atoms with van der Waals surface area (Å²) in [5.41, 5.74) is 1.95. The van der Waals surface area contributed by atoms with Crippen molar-refractivity contribution in [2.45, 2.75) is 26.8 Å². The van der Waals surface area contributed by atoms with Crippen LogP contribution in [0.3, 0.4) is 0 Å². The number of aryl methyl sites for hydroxylation is 2. The number of halogens is 1. The van der Waals surface area contributed by atoms with Crippen LogP contribution in [0.1, 0.15) is 20.3 Å². The predicted octanol–water partition coefficient (Wildman–Crippen LogP) is 3.27. The van der Waals surface area contributed by atoms with E-state index in [0.29, 0.717) is 29.5 Å². The third-order valence-corrected chi connectivity index (χ3v) is 5.59. The predicted molar refractivity (Wildman–Crippen MR) is 125 cm³/mol. The van der Waals surface area contributed by atoms with Crippen molar-refractivity contribution < 1.29 is 14.3 Å². The molecule has 0 aliphatic rings. The highest BCUT2D eigenvalue weighted by Crippen LogP contribution is 2.28. The van der Waals surface area contributed by atoms with E-state index >= 15 is 0 Å². The third-order valence-electron chi connectivity index (χ3n) is 5.30. The molecule has 3 rings (SSSR count). The lowest BCUT2D eigenvalue weighted by atomic mass is 10.2. The van der Waals surface area contributed by atoms with Gasteiger partial charge in [0.1, 0.15) is 5.75 Å². The maximum absolute atomic E-state index is 12.5. The number of hydrogen-bond acceptors (Lipinski definition) is 4. The second-order valence-corrected chi connectivity index (χ2v) is 7.69. The fourth-order valence-electron chi connectivity index (χ4n) is 3.52. The first kappa shape index (κ1) is 23.4. The van der Waals surface area contributed by atoms with Gasteiger partial charge >= 0.3 is 5.69 Å². The minimum absolute atomic E-state index is 0.104. The Bertz CT molecular complexity index is 1180. The average Bonchev–Trinajstić information content (AvgIpc) is 3.02. The van der Waals surface area contributed by atoms with Crippen molar-refractivity contribution in [1.29, 1.82) is 0 Å². The summed E-state index contributed by atoms with van der Waals surface area (Å²) in [7, 11) is 1.71. The van der Waals surface area contributed by atoms with Gasteiger partial charge in [-0.2, -0.15) is 0 Å². The number of imidazole rings is 1. The van der Waals surface area contributed by atoms with E-state index in [1.807, 2.05) is 38.1 Å². The smallest absolute Gasteiger partial charge is 0.328 e. The minimum atomic E-state index is -0.244. The minimum Gasteiger partial charge on any atom is -0.482 e. The molecule has 1 N–H and O–H groups in total. The zero-order chi connectivity index (χ0) is 23.3. The molecule has 170 valence electrons. The van der Waals surface area contributed by atoms with Crippen LogP contribution in [0, 0.1) is 0 Å². The van der Waals surface area contributed by atoms with Crippen molar-refractivity contribution in [1.82, 2.24) is 14.0 Å². The molecule has 0 fully saturated rings. The van der Waals surface area contributed by atoms with Crippen molar-refractivity contribution in [3.8, 4) is 5.75 Å². The average molecular weight is 459 g/mol. The zero-order valence-electron chi connectivity index (χ0n) is 18.4.